The molecule has 4 nitrogen and oxygen atoms in total. The molecule has 4 heteroatoms. The minimum Gasteiger partial charge on any atom is -0.481 e. The Hall–Kier alpha value is -1.06. The number of carboxylic acid groups (broad SMARTS) is 2. The summed E-state index contributed by atoms with van der Waals surface area (Å²) in [6.07, 6.45) is 25.2. The summed E-state index contributed by atoms with van der Waals surface area (Å²) < 4.78 is 0. The summed E-state index contributed by atoms with van der Waals surface area (Å²) in [5, 5.41) is 19.6. The number of carbonyl (C=O) groups is 2. The van der Waals surface area contributed by atoms with E-state index in [0.29, 0.717) is 30.1 Å². The van der Waals surface area contributed by atoms with Crippen LogP contribution in [0.25, 0.3) is 0 Å². The summed E-state index contributed by atoms with van der Waals surface area (Å²) in [4.78, 5) is 23.8. The van der Waals surface area contributed by atoms with E-state index in [-0.39, 0.29) is 0 Å². The molecule has 0 radical (unpaired) electrons. The summed E-state index contributed by atoms with van der Waals surface area (Å²) in [6, 6.07) is 0. The van der Waals surface area contributed by atoms with Crippen molar-refractivity contribution >= 4 is 11.9 Å². The van der Waals surface area contributed by atoms with Crippen molar-refractivity contribution in [3.8, 4) is 0 Å². The molecule has 0 saturated heterocycles. The van der Waals surface area contributed by atoms with E-state index in [2.05, 4.69) is 41.5 Å². The van der Waals surface area contributed by atoms with Crippen molar-refractivity contribution in [3.63, 3.8) is 0 Å². The smallest absolute Gasteiger partial charge is 0.309 e. The van der Waals surface area contributed by atoms with Crippen LogP contribution < -0.4 is 0 Å². The van der Waals surface area contributed by atoms with E-state index >= 15 is 0 Å². The van der Waals surface area contributed by atoms with Crippen molar-refractivity contribution < 1.29 is 19.8 Å². The molecule has 2 N–H and O–H groups in total. The van der Waals surface area contributed by atoms with Crippen LogP contribution in [0.5, 0.6) is 0 Å². The third kappa shape index (κ3) is 18.4. The van der Waals surface area contributed by atoms with Gasteiger partial charge in [0.15, 0.2) is 0 Å². The number of hydrogen-bond acceptors (Lipinski definition) is 2. The van der Waals surface area contributed by atoms with Gasteiger partial charge in [-0.2, -0.15) is 0 Å². The van der Waals surface area contributed by atoms with Crippen LogP contribution in [0.2, 0.25) is 0 Å². The number of rotatable bonds is 29. The molecule has 0 saturated carbocycles. The molecular formula is C36H70O4. The predicted molar refractivity (Wildman–Crippen MR) is 172 cm³/mol. The van der Waals surface area contributed by atoms with E-state index in [1.165, 1.54) is 83.5 Å². The molecule has 40 heavy (non-hydrogen) atoms. The summed E-state index contributed by atoms with van der Waals surface area (Å²) in [6.45, 7) is 13.7. The van der Waals surface area contributed by atoms with Gasteiger partial charge in [-0.15, -0.1) is 0 Å². The molecule has 0 aromatic rings. The second kappa shape index (κ2) is 24.5. The van der Waals surface area contributed by atoms with Crippen molar-refractivity contribution in [2.75, 3.05) is 0 Å². The highest BCUT2D eigenvalue weighted by molar-refractivity contribution is 5.74. The standard InChI is InChI=1S/C36H70O4/c1-7-11-23-31(9-3)27-36(35(39)40,28-32(10-4)24-12-8-2)29-33(30(5)6)25-21-19-17-15-13-14-16-18-20-22-26-34(37)38/h30-33H,7-29H2,1-6H3,(H,37,38)(H,39,40). The summed E-state index contributed by atoms with van der Waals surface area (Å²) in [5.74, 6) is 0.837. The average Bonchev–Trinajstić information content (AvgIpc) is 2.92. The van der Waals surface area contributed by atoms with E-state index in [1.54, 1.807) is 0 Å². The van der Waals surface area contributed by atoms with Crippen molar-refractivity contribution in [1.29, 1.82) is 0 Å². The zero-order valence-electron chi connectivity index (χ0n) is 27.8. The fourth-order valence-electron chi connectivity index (χ4n) is 6.77. The van der Waals surface area contributed by atoms with Gasteiger partial charge < -0.3 is 10.2 Å². The maximum Gasteiger partial charge on any atom is 0.309 e. The van der Waals surface area contributed by atoms with Crippen molar-refractivity contribution in [2.45, 2.75) is 189 Å². The fraction of sp³-hybridized carbons (Fsp3) is 0.944. The Morgan fingerprint density at radius 2 is 1.00 bits per heavy atom. The molecule has 0 fully saturated rings. The number of hydrogen-bond donors (Lipinski definition) is 2. The molecule has 3 atom stereocenters. The number of unbranched alkanes of at least 4 members (excludes halogenated alkanes) is 11. The van der Waals surface area contributed by atoms with Gasteiger partial charge in [0.1, 0.15) is 0 Å². The molecule has 0 amide bonds. The van der Waals surface area contributed by atoms with Crippen LogP contribution in [0.15, 0.2) is 0 Å². The van der Waals surface area contributed by atoms with Crippen LogP contribution in [0.3, 0.4) is 0 Å². The van der Waals surface area contributed by atoms with Gasteiger partial charge in [-0.05, 0) is 49.4 Å². The molecule has 238 valence electrons. The average molecular weight is 567 g/mol. The first kappa shape index (κ1) is 38.9. The molecule has 0 heterocycles. The van der Waals surface area contributed by atoms with Crippen LogP contribution >= 0.6 is 0 Å². The first-order valence-electron chi connectivity index (χ1n) is 17.6. The maximum absolute atomic E-state index is 13.2. The zero-order chi connectivity index (χ0) is 30.2. The third-order valence-corrected chi connectivity index (χ3v) is 9.71. The summed E-state index contributed by atoms with van der Waals surface area (Å²) >= 11 is 0. The highest BCUT2D eigenvalue weighted by Gasteiger charge is 2.43. The Morgan fingerprint density at radius 3 is 1.35 bits per heavy atom. The van der Waals surface area contributed by atoms with E-state index < -0.39 is 17.4 Å². The largest absolute Gasteiger partial charge is 0.481 e. The lowest BCUT2D eigenvalue weighted by atomic mass is 9.64. The molecule has 0 aliphatic rings. The van der Waals surface area contributed by atoms with Crippen LogP contribution in [0.1, 0.15) is 189 Å². The van der Waals surface area contributed by atoms with Gasteiger partial charge in [0.25, 0.3) is 0 Å². The molecule has 0 aliphatic heterocycles. The van der Waals surface area contributed by atoms with Crippen molar-refractivity contribution in [2.24, 2.45) is 29.1 Å². The number of carboxylic acids is 2. The molecule has 0 rings (SSSR count). The second-order valence-electron chi connectivity index (χ2n) is 13.5. The quantitative estimate of drug-likeness (QED) is 0.0883. The monoisotopic (exact) mass is 567 g/mol. The maximum atomic E-state index is 13.2. The second-order valence-corrected chi connectivity index (χ2v) is 13.5. The third-order valence-electron chi connectivity index (χ3n) is 9.71. The highest BCUT2D eigenvalue weighted by atomic mass is 16.4. The Labute approximate surface area is 249 Å². The van der Waals surface area contributed by atoms with Gasteiger partial charge in [-0.25, -0.2) is 0 Å². The van der Waals surface area contributed by atoms with Crippen LogP contribution in [0.4, 0.5) is 0 Å². The topological polar surface area (TPSA) is 74.6 Å². The lowest BCUT2D eigenvalue weighted by molar-refractivity contribution is -0.153. The SMILES string of the molecule is CCCCC(CC)CC(CC(CC)CCCC)(CC(CCCCCCCCCCCCC(=O)O)C(C)C)C(=O)O. The molecule has 0 aliphatic carbocycles. The van der Waals surface area contributed by atoms with E-state index in [4.69, 9.17) is 5.11 Å². The number of aliphatic carboxylic acids is 2. The summed E-state index contributed by atoms with van der Waals surface area (Å²) in [5.41, 5.74) is -0.581. The fourth-order valence-corrected chi connectivity index (χ4v) is 6.77. The Morgan fingerprint density at radius 1 is 0.575 bits per heavy atom. The predicted octanol–water partition coefficient (Wildman–Crippen LogP) is 11.7. The Kier molecular flexibility index (Phi) is 23.9. The van der Waals surface area contributed by atoms with E-state index in [1.807, 2.05) is 0 Å². The molecule has 0 bridgehead atoms. The van der Waals surface area contributed by atoms with Crippen molar-refractivity contribution in [3.05, 3.63) is 0 Å². The molecule has 0 aromatic heterocycles. The van der Waals surface area contributed by atoms with Gasteiger partial charge in [-0.3, -0.25) is 9.59 Å². The normalized spacial score (nSPS) is 15.6. The highest BCUT2D eigenvalue weighted by Crippen LogP contribution is 2.46. The van der Waals surface area contributed by atoms with Gasteiger partial charge >= 0.3 is 11.9 Å². The Balaban J connectivity index is 5.04. The minimum atomic E-state index is -0.678. The molecule has 0 spiro atoms. The van der Waals surface area contributed by atoms with Gasteiger partial charge in [0.05, 0.1) is 5.41 Å². The first-order chi connectivity index (χ1) is 19.1. The van der Waals surface area contributed by atoms with Gasteiger partial charge in [0, 0.05) is 6.42 Å². The molecular weight excluding hydrogens is 496 g/mol. The lowest BCUT2D eigenvalue weighted by Gasteiger charge is -2.39. The van der Waals surface area contributed by atoms with Gasteiger partial charge in [0.2, 0.25) is 0 Å². The molecule has 3 unspecified atom stereocenters. The minimum absolute atomic E-state index is 0.307. The van der Waals surface area contributed by atoms with Crippen LogP contribution in [-0.2, 0) is 9.59 Å². The van der Waals surface area contributed by atoms with Crippen LogP contribution in [-0.4, -0.2) is 22.2 Å². The summed E-state index contributed by atoms with van der Waals surface area (Å²) in [7, 11) is 0. The Bertz CT molecular complexity index is 596. The zero-order valence-corrected chi connectivity index (χ0v) is 27.8. The first-order valence-corrected chi connectivity index (χ1v) is 17.6. The lowest BCUT2D eigenvalue weighted by Crippen LogP contribution is -2.38. The molecule has 0 aromatic carbocycles. The van der Waals surface area contributed by atoms with Crippen molar-refractivity contribution in [1.82, 2.24) is 0 Å². The van der Waals surface area contributed by atoms with Crippen LogP contribution in [0, 0.1) is 29.1 Å². The van der Waals surface area contributed by atoms with E-state index in [9.17, 15) is 14.7 Å². The van der Waals surface area contributed by atoms with Gasteiger partial charge in [-0.1, -0.05) is 157 Å². The van der Waals surface area contributed by atoms with E-state index in [0.717, 1.165) is 57.8 Å².